The Hall–Kier alpha value is -2.86. The van der Waals surface area contributed by atoms with Gasteiger partial charge in [0.2, 0.25) is 11.7 Å². The van der Waals surface area contributed by atoms with Crippen molar-refractivity contribution in [3.05, 3.63) is 60.0 Å². The van der Waals surface area contributed by atoms with E-state index in [0.29, 0.717) is 18.3 Å². The Morgan fingerprint density at radius 2 is 1.75 bits per heavy atom. The van der Waals surface area contributed by atoms with Gasteiger partial charge in [0.25, 0.3) is 0 Å². The molecular weight excluding hydrogens is 352 g/mol. The summed E-state index contributed by atoms with van der Waals surface area (Å²) in [5.41, 5.74) is 3.45. The second kappa shape index (κ2) is 8.44. The quantitative estimate of drug-likeness (QED) is 0.653. The first kappa shape index (κ1) is 18.5. The molecule has 0 N–H and O–H groups in total. The fraction of sp³-hybridized carbons (Fsp3) is 0.364. The average molecular weight is 378 g/mol. The molecule has 2 heterocycles. The highest BCUT2D eigenvalue weighted by atomic mass is 16.5. The van der Waals surface area contributed by atoms with Crippen LogP contribution in [-0.4, -0.2) is 48.3 Å². The van der Waals surface area contributed by atoms with Crippen molar-refractivity contribution >= 4 is 5.69 Å². The zero-order chi connectivity index (χ0) is 19.3. The molecule has 6 nitrogen and oxygen atoms in total. The van der Waals surface area contributed by atoms with E-state index in [2.05, 4.69) is 63.3 Å². The molecule has 0 atom stereocenters. The van der Waals surface area contributed by atoms with Crippen LogP contribution in [0.1, 0.15) is 18.4 Å². The zero-order valence-corrected chi connectivity index (χ0v) is 16.5. The molecule has 0 saturated carbocycles. The number of nitrogens with zero attached hydrogens (tertiary/aromatic N) is 4. The molecule has 0 unspecified atom stereocenters. The second-order valence-corrected chi connectivity index (χ2v) is 7.00. The van der Waals surface area contributed by atoms with Gasteiger partial charge < -0.3 is 14.2 Å². The smallest absolute Gasteiger partial charge is 0.241 e. The minimum absolute atomic E-state index is 0.658. The first-order chi connectivity index (χ1) is 13.8. The van der Waals surface area contributed by atoms with Crippen molar-refractivity contribution in [3.8, 4) is 17.1 Å². The summed E-state index contributed by atoms with van der Waals surface area (Å²) in [4.78, 5) is 9.30. The van der Waals surface area contributed by atoms with E-state index in [4.69, 9.17) is 9.26 Å². The number of hydrogen-bond acceptors (Lipinski definition) is 6. The maximum Gasteiger partial charge on any atom is 0.241 e. The molecule has 1 saturated heterocycles. The predicted molar refractivity (Wildman–Crippen MR) is 110 cm³/mol. The topological polar surface area (TPSA) is 54.6 Å². The number of aromatic nitrogens is 2. The lowest BCUT2D eigenvalue weighted by Gasteiger charge is -2.35. The van der Waals surface area contributed by atoms with E-state index >= 15 is 0 Å². The Bertz CT molecular complexity index is 899. The average Bonchev–Trinajstić information content (AvgIpc) is 3.23. The van der Waals surface area contributed by atoms with Crippen LogP contribution in [0.3, 0.4) is 0 Å². The molecule has 1 aromatic heterocycles. The largest absolute Gasteiger partial charge is 0.495 e. The SMILES string of the molecule is CCc1ccc(-c2noc(CN3CCN(c4ccccc4OC)CC3)n2)cc1. The molecule has 0 aliphatic carbocycles. The standard InChI is InChI=1S/C22H26N4O2/c1-3-17-8-10-18(11-9-17)22-23-21(28-24-22)16-25-12-14-26(15-13-25)19-6-4-5-7-20(19)27-2/h4-11H,3,12-16H2,1-2H3. The minimum atomic E-state index is 0.658. The number of hydrogen-bond donors (Lipinski definition) is 0. The highest BCUT2D eigenvalue weighted by Crippen LogP contribution is 2.28. The van der Waals surface area contributed by atoms with E-state index in [-0.39, 0.29) is 0 Å². The van der Waals surface area contributed by atoms with Crippen molar-refractivity contribution in [1.29, 1.82) is 0 Å². The third-order valence-electron chi connectivity index (χ3n) is 5.25. The molecule has 0 spiro atoms. The molecule has 3 aromatic rings. The van der Waals surface area contributed by atoms with E-state index in [9.17, 15) is 0 Å². The van der Waals surface area contributed by atoms with Crippen LogP contribution in [0.2, 0.25) is 0 Å². The van der Waals surface area contributed by atoms with Crippen LogP contribution < -0.4 is 9.64 Å². The first-order valence-electron chi connectivity index (χ1n) is 9.79. The summed E-state index contributed by atoms with van der Waals surface area (Å²) in [5, 5.41) is 4.15. The molecule has 146 valence electrons. The van der Waals surface area contributed by atoms with Gasteiger partial charge in [-0.2, -0.15) is 4.98 Å². The van der Waals surface area contributed by atoms with E-state index < -0.39 is 0 Å². The monoisotopic (exact) mass is 378 g/mol. The van der Waals surface area contributed by atoms with Gasteiger partial charge in [-0.3, -0.25) is 4.90 Å². The maximum atomic E-state index is 5.49. The Morgan fingerprint density at radius 3 is 2.46 bits per heavy atom. The van der Waals surface area contributed by atoms with Gasteiger partial charge in [0, 0.05) is 31.7 Å². The highest BCUT2D eigenvalue weighted by molar-refractivity contribution is 5.58. The maximum absolute atomic E-state index is 5.49. The number of ether oxygens (including phenoxy) is 1. The summed E-state index contributed by atoms with van der Waals surface area (Å²) in [6.45, 7) is 6.61. The van der Waals surface area contributed by atoms with Crippen molar-refractivity contribution in [1.82, 2.24) is 15.0 Å². The summed E-state index contributed by atoms with van der Waals surface area (Å²) in [7, 11) is 1.72. The molecule has 0 radical (unpaired) electrons. The molecule has 6 heteroatoms. The lowest BCUT2D eigenvalue weighted by molar-refractivity contribution is 0.215. The predicted octanol–water partition coefficient (Wildman–Crippen LogP) is 3.63. The first-order valence-corrected chi connectivity index (χ1v) is 9.79. The Labute approximate surface area is 165 Å². The van der Waals surface area contributed by atoms with E-state index in [1.165, 1.54) is 5.56 Å². The number of anilines is 1. The van der Waals surface area contributed by atoms with Gasteiger partial charge in [-0.25, -0.2) is 0 Å². The van der Waals surface area contributed by atoms with Crippen molar-refractivity contribution in [2.45, 2.75) is 19.9 Å². The molecule has 1 fully saturated rings. The highest BCUT2D eigenvalue weighted by Gasteiger charge is 2.21. The summed E-state index contributed by atoms with van der Waals surface area (Å²) in [6, 6.07) is 16.5. The van der Waals surface area contributed by atoms with Crippen LogP contribution in [0.5, 0.6) is 5.75 Å². The van der Waals surface area contributed by atoms with Gasteiger partial charge in [0.15, 0.2) is 0 Å². The Balaban J connectivity index is 1.35. The zero-order valence-electron chi connectivity index (χ0n) is 16.5. The second-order valence-electron chi connectivity index (χ2n) is 7.00. The van der Waals surface area contributed by atoms with E-state index in [1.807, 2.05) is 12.1 Å². The van der Waals surface area contributed by atoms with E-state index in [0.717, 1.165) is 49.6 Å². The summed E-state index contributed by atoms with van der Waals surface area (Å²) < 4.78 is 11.0. The van der Waals surface area contributed by atoms with Gasteiger partial charge in [0.1, 0.15) is 5.75 Å². The van der Waals surface area contributed by atoms with Gasteiger partial charge >= 0.3 is 0 Å². The minimum Gasteiger partial charge on any atom is -0.495 e. The van der Waals surface area contributed by atoms with Gasteiger partial charge in [-0.1, -0.05) is 48.5 Å². The molecule has 4 rings (SSSR count). The lowest BCUT2D eigenvalue weighted by Crippen LogP contribution is -2.46. The molecule has 2 aromatic carbocycles. The number of benzene rings is 2. The lowest BCUT2D eigenvalue weighted by atomic mass is 10.1. The van der Waals surface area contributed by atoms with Gasteiger partial charge in [0.05, 0.1) is 19.3 Å². The summed E-state index contributed by atoms with van der Waals surface area (Å²) in [6.07, 6.45) is 1.03. The molecule has 0 bridgehead atoms. The van der Waals surface area contributed by atoms with Crippen LogP contribution >= 0.6 is 0 Å². The molecule has 28 heavy (non-hydrogen) atoms. The van der Waals surface area contributed by atoms with Crippen LogP contribution in [0.15, 0.2) is 53.1 Å². The summed E-state index contributed by atoms with van der Waals surface area (Å²) in [5.74, 6) is 2.25. The van der Waals surface area contributed by atoms with Crippen molar-refractivity contribution < 1.29 is 9.26 Å². The number of aryl methyl sites for hydroxylation is 1. The third-order valence-corrected chi connectivity index (χ3v) is 5.25. The number of methoxy groups -OCH3 is 1. The molecule has 1 aliphatic rings. The molecular formula is C22H26N4O2. The van der Waals surface area contributed by atoms with Crippen LogP contribution in [0, 0.1) is 0 Å². The van der Waals surface area contributed by atoms with Crippen molar-refractivity contribution in [2.24, 2.45) is 0 Å². The van der Waals surface area contributed by atoms with Gasteiger partial charge in [-0.05, 0) is 24.1 Å². The van der Waals surface area contributed by atoms with E-state index in [1.54, 1.807) is 7.11 Å². The van der Waals surface area contributed by atoms with Crippen LogP contribution in [-0.2, 0) is 13.0 Å². The third kappa shape index (κ3) is 4.02. The molecule has 0 amide bonds. The Morgan fingerprint density at radius 1 is 1.00 bits per heavy atom. The van der Waals surface area contributed by atoms with Crippen LogP contribution in [0.25, 0.3) is 11.4 Å². The molecule has 1 aliphatic heterocycles. The van der Waals surface area contributed by atoms with Crippen LogP contribution in [0.4, 0.5) is 5.69 Å². The van der Waals surface area contributed by atoms with Crippen molar-refractivity contribution in [3.63, 3.8) is 0 Å². The number of rotatable bonds is 6. The normalized spacial score (nSPS) is 15.0. The number of para-hydroxylation sites is 2. The Kier molecular flexibility index (Phi) is 5.58. The summed E-state index contributed by atoms with van der Waals surface area (Å²) >= 11 is 0. The number of piperazine rings is 1. The fourth-order valence-corrected chi connectivity index (χ4v) is 3.56. The van der Waals surface area contributed by atoms with Gasteiger partial charge in [-0.15, -0.1) is 0 Å². The van der Waals surface area contributed by atoms with Crippen molar-refractivity contribution in [2.75, 3.05) is 38.2 Å². The fourth-order valence-electron chi connectivity index (χ4n) is 3.56.